The van der Waals surface area contributed by atoms with Crippen molar-refractivity contribution in [1.29, 1.82) is 0 Å². The first-order valence-electron chi connectivity index (χ1n) is 8.11. The number of nitrogens with two attached hydrogens (primary N) is 1. The Morgan fingerprint density at radius 3 is 2.57 bits per heavy atom. The topological polar surface area (TPSA) is 58.4 Å². The van der Waals surface area contributed by atoms with E-state index >= 15 is 0 Å². The van der Waals surface area contributed by atoms with E-state index in [4.69, 9.17) is 5.73 Å². The molecule has 21 heavy (non-hydrogen) atoms. The molecular weight excluding hydrogens is 262 g/mol. The molecule has 3 N–H and O–H groups in total. The van der Waals surface area contributed by atoms with Gasteiger partial charge in [0.1, 0.15) is 0 Å². The van der Waals surface area contributed by atoms with Crippen LogP contribution in [0.5, 0.6) is 0 Å². The first-order chi connectivity index (χ1) is 10.3. The van der Waals surface area contributed by atoms with Gasteiger partial charge in [-0.3, -0.25) is 0 Å². The van der Waals surface area contributed by atoms with E-state index in [-0.39, 0.29) is 6.03 Å². The molecule has 3 rings (SSSR count). The number of likely N-dealkylation sites (tertiary alicyclic amines) is 1. The van der Waals surface area contributed by atoms with Crippen LogP contribution in [0.2, 0.25) is 0 Å². The molecule has 0 bridgehead atoms. The van der Waals surface area contributed by atoms with Gasteiger partial charge in [0.15, 0.2) is 0 Å². The molecule has 1 aliphatic heterocycles. The van der Waals surface area contributed by atoms with Crippen LogP contribution in [0, 0.1) is 11.8 Å². The lowest BCUT2D eigenvalue weighted by molar-refractivity contribution is 0.108. The number of hydrogen-bond acceptors (Lipinski definition) is 2. The van der Waals surface area contributed by atoms with E-state index in [1.54, 1.807) is 0 Å². The summed E-state index contributed by atoms with van der Waals surface area (Å²) < 4.78 is 0. The molecular formula is C17H25N3O. The van der Waals surface area contributed by atoms with E-state index in [9.17, 15) is 4.79 Å². The third-order valence-corrected chi connectivity index (χ3v) is 5.02. The van der Waals surface area contributed by atoms with E-state index in [1.165, 1.54) is 32.1 Å². The third kappa shape index (κ3) is 3.38. The monoisotopic (exact) mass is 287 g/mol. The number of benzene rings is 1. The maximum Gasteiger partial charge on any atom is 0.321 e. The predicted molar refractivity (Wildman–Crippen MR) is 85.0 cm³/mol. The number of urea groups is 1. The van der Waals surface area contributed by atoms with Crippen LogP contribution in [0.1, 0.15) is 37.7 Å². The fourth-order valence-electron chi connectivity index (χ4n) is 3.71. The normalized spacial score (nSPS) is 25.3. The van der Waals surface area contributed by atoms with Crippen molar-refractivity contribution >= 4 is 11.7 Å². The number of rotatable bonds is 2. The van der Waals surface area contributed by atoms with Gasteiger partial charge in [-0.2, -0.15) is 0 Å². The summed E-state index contributed by atoms with van der Waals surface area (Å²) in [6.45, 7) is 2.36. The molecule has 2 aliphatic rings. The number of nitrogens with one attached hydrogen (secondary N) is 1. The van der Waals surface area contributed by atoms with Gasteiger partial charge in [0.2, 0.25) is 0 Å². The maximum absolute atomic E-state index is 12.4. The molecule has 1 aromatic rings. The predicted octanol–water partition coefficient (Wildman–Crippen LogP) is 3.19. The first-order valence-corrected chi connectivity index (χ1v) is 8.11. The molecule has 2 fully saturated rings. The van der Waals surface area contributed by atoms with Gasteiger partial charge in [0, 0.05) is 25.3 Å². The fourth-order valence-corrected chi connectivity index (χ4v) is 3.71. The van der Waals surface area contributed by atoms with Gasteiger partial charge in [0.25, 0.3) is 0 Å². The zero-order valence-corrected chi connectivity index (χ0v) is 12.6. The second kappa shape index (κ2) is 6.48. The van der Waals surface area contributed by atoms with Crippen molar-refractivity contribution in [1.82, 2.24) is 4.90 Å². The van der Waals surface area contributed by atoms with Crippen molar-refractivity contribution in [2.45, 2.75) is 38.6 Å². The lowest BCUT2D eigenvalue weighted by atomic mass is 9.75. The van der Waals surface area contributed by atoms with Crippen LogP contribution in [0.15, 0.2) is 24.3 Å². The summed E-state index contributed by atoms with van der Waals surface area (Å²) in [5.41, 5.74) is 7.51. The molecule has 114 valence electrons. The van der Waals surface area contributed by atoms with E-state index < -0.39 is 0 Å². The standard InChI is InChI=1S/C17H25N3O/c18-11-13-5-7-16(8-6-13)19-17(21)20-10-9-14-3-1-2-4-15(14)12-20/h5-8,14-15H,1-4,9-12,18H2,(H,19,21). The Labute approximate surface area is 126 Å². The van der Waals surface area contributed by atoms with Gasteiger partial charge in [-0.1, -0.05) is 31.4 Å². The zero-order chi connectivity index (χ0) is 14.7. The quantitative estimate of drug-likeness (QED) is 0.877. The minimum absolute atomic E-state index is 0.0412. The second-order valence-corrected chi connectivity index (χ2v) is 6.37. The van der Waals surface area contributed by atoms with Crippen LogP contribution in [-0.2, 0) is 6.54 Å². The molecule has 2 atom stereocenters. The Hall–Kier alpha value is -1.55. The lowest BCUT2D eigenvalue weighted by Gasteiger charge is -2.41. The molecule has 1 aliphatic carbocycles. The average Bonchev–Trinajstić information content (AvgIpc) is 2.55. The van der Waals surface area contributed by atoms with Crippen LogP contribution in [0.25, 0.3) is 0 Å². The summed E-state index contributed by atoms with van der Waals surface area (Å²) in [5, 5.41) is 3.00. The minimum Gasteiger partial charge on any atom is -0.326 e. The van der Waals surface area contributed by atoms with Crippen molar-refractivity contribution in [2.75, 3.05) is 18.4 Å². The first kappa shape index (κ1) is 14.4. The fraction of sp³-hybridized carbons (Fsp3) is 0.588. The highest BCUT2D eigenvalue weighted by Crippen LogP contribution is 2.36. The summed E-state index contributed by atoms with van der Waals surface area (Å²) in [7, 11) is 0. The molecule has 1 aromatic carbocycles. The molecule has 2 amide bonds. The Kier molecular flexibility index (Phi) is 4.44. The maximum atomic E-state index is 12.4. The largest absolute Gasteiger partial charge is 0.326 e. The van der Waals surface area contributed by atoms with E-state index in [0.29, 0.717) is 6.54 Å². The number of carbonyl (C=O) groups excluding carboxylic acids is 1. The third-order valence-electron chi connectivity index (χ3n) is 5.02. The molecule has 4 heteroatoms. The van der Waals surface area contributed by atoms with E-state index in [1.807, 2.05) is 29.2 Å². The Morgan fingerprint density at radius 1 is 1.14 bits per heavy atom. The van der Waals surface area contributed by atoms with Crippen LogP contribution in [0.3, 0.4) is 0 Å². The van der Waals surface area contributed by atoms with Gasteiger partial charge in [-0.15, -0.1) is 0 Å². The molecule has 1 saturated heterocycles. The van der Waals surface area contributed by atoms with Crippen molar-refractivity contribution in [3.63, 3.8) is 0 Å². The van der Waals surface area contributed by atoms with E-state index in [2.05, 4.69) is 5.32 Å². The number of nitrogens with zero attached hydrogens (tertiary/aromatic N) is 1. The van der Waals surface area contributed by atoms with Gasteiger partial charge in [-0.05, 0) is 42.4 Å². The zero-order valence-electron chi connectivity index (χ0n) is 12.6. The molecule has 0 aromatic heterocycles. The molecule has 1 saturated carbocycles. The van der Waals surface area contributed by atoms with Gasteiger partial charge < -0.3 is 16.0 Å². The molecule has 2 unspecified atom stereocenters. The smallest absolute Gasteiger partial charge is 0.321 e. The Morgan fingerprint density at radius 2 is 1.86 bits per heavy atom. The average molecular weight is 287 g/mol. The van der Waals surface area contributed by atoms with Crippen molar-refractivity contribution in [3.05, 3.63) is 29.8 Å². The number of fused-ring (bicyclic) bond motifs is 1. The SMILES string of the molecule is NCc1ccc(NC(=O)N2CCC3CCCCC3C2)cc1. The summed E-state index contributed by atoms with van der Waals surface area (Å²) in [4.78, 5) is 14.4. The minimum atomic E-state index is 0.0412. The number of hydrogen-bond donors (Lipinski definition) is 2. The Bertz CT molecular complexity index is 485. The van der Waals surface area contributed by atoms with Crippen molar-refractivity contribution in [3.8, 4) is 0 Å². The number of amides is 2. The highest BCUT2D eigenvalue weighted by atomic mass is 16.2. The molecule has 0 spiro atoms. The van der Waals surface area contributed by atoms with Crippen molar-refractivity contribution < 1.29 is 4.79 Å². The van der Waals surface area contributed by atoms with Crippen LogP contribution < -0.4 is 11.1 Å². The van der Waals surface area contributed by atoms with Gasteiger partial charge in [0.05, 0.1) is 0 Å². The van der Waals surface area contributed by atoms with E-state index in [0.717, 1.165) is 36.2 Å². The van der Waals surface area contributed by atoms with Crippen LogP contribution in [-0.4, -0.2) is 24.0 Å². The van der Waals surface area contributed by atoms with Gasteiger partial charge >= 0.3 is 6.03 Å². The van der Waals surface area contributed by atoms with Gasteiger partial charge in [-0.25, -0.2) is 4.79 Å². The molecule has 4 nitrogen and oxygen atoms in total. The van der Waals surface area contributed by atoms with Crippen LogP contribution in [0.4, 0.5) is 10.5 Å². The van der Waals surface area contributed by atoms with Crippen molar-refractivity contribution in [2.24, 2.45) is 17.6 Å². The summed E-state index contributed by atoms with van der Waals surface area (Å²) in [5.74, 6) is 1.57. The number of carbonyl (C=O) groups is 1. The number of piperidine rings is 1. The Balaban J connectivity index is 1.57. The molecule has 0 radical (unpaired) electrons. The summed E-state index contributed by atoms with van der Waals surface area (Å²) in [6, 6.07) is 7.81. The highest BCUT2D eigenvalue weighted by Gasteiger charge is 2.32. The van der Waals surface area contributed by atoms with Crippen LogP contribution >= 0.6 is 0 Å². The second-order valence-electron chi connectivity index (χ2n) is 6.37. The summed E-state index contributed by atoms with van der Waals surface area (Å²) >= 11 is 0. The lowest BCUT2D eigenvalue weighted by Crippen LogP contribution is -2.46. The summed E-state index contributed by atoms with van der Waals surface area (Å²) in [6.07, 6.45) is 6.53. The number of anilines is 1. The highest BCUT2D eigenvalue weighted by molar-refractivity contribution is 5.89. The molecule has 1 heterocycles.